The minimum Gasteiger partial charge on any atom is -0.0985 e. The van der Waals surface area contributed by atoms with Gasteiger partial charge in [-0.1, -0.05) is 24.3 Å². The standard InChI is InChI=1S/C10H14/c1-4-10-7-5-6-8(2)9(10)3/h4,7H,1,5-6H2,2-3H3. The molecule has 0 saturated heterocycles. The Morgan fingerprint density at radius 3 is 2.70 bits per heavy atom. The predicted octanol–water partition coefficient (Wildman–Crippen LogP) is 3.23. The lowest BCUT2D eigenvalue weighted by atomic mass is 9.93. The number of allylic oxidation sites excluding steroid dienone is 5. The van der Waals surface area contributed by atoms with Crippen molar-refractivity contribution in [1.82, 2.24) is 0 Å². The maximum atomic E-state index is 3.77. The van der Waals surface area contributed by atoms with Crippen LogP contribution in [0.15, 0.2) is 35.5 Å². The molecule has 0 unspecified atom stereocenters. The van der Waals surface area contributed by atoms with Crippen molar-refractivity contribution in [2.45, 2.75) is 26.7 Å². The molecule has 0 nitrogen and oxygen atoms in total. The van der Waals surface area contributed by atoms with Crippen molar-refractivity contribution >= 4 is 0 Å². The number of rotatable bonds is 1. The lowest BCUT2D eigenvalue weighted by Gasteiger charge is -2.13. The first-order valence-electron chi connectivity index (χ1n) is 3.75. The first-order chi connectivity index (χ1) is 4.75. The van der Waals surface area contributed by atoms with Crippen LogP contribution in [-0.4, -0.2) is 0 Å². The van der Waals surface area contributed by atoms with Gasteiger partial charge in [0, 0.05) is 0 Å². The SMILES string of the molecule is C=CC1=CCCC(C)=C1C. The highest BCUT2D eigenvalue weighted by Gasteiger charge is 2.04. The van der Waals surface area contributed by atoms with Crippen LogP contribution in [0.5, 0.6) is 0 Å². The molecular formula is C10H14. The minimum absolute atomic E-state index is 1.19. The van der Waals surface area contributed by atoms with Crippen molar-refractivity contribution in [2.75, 3.05) is 0 Å². The van der Waals surface area contributed by atoms with Crippen LogP contribution < -0.4 is 0 Å². The zero-order valence-electron chi connectivity index (χ0n) is 6.78. The fourth-order valence-corrected chi connectivity index (χ4v) is 1.27. The molecule has 0 fully saturated rings. The van der Waals surface area contributed by atoms with Gasteiger partial charge in [0.1, 0.15) is 0 Å². The highest BCUT2D eigenvalue weighted by molar-refractivity contribution is 5.42. The molecule has 0 aromatic rings. The average molecular weight is 134 g/mol. The van der Waals surface area contributed by atoms with E-state index in [2.05, 4.69) is 26.5 Å². The molecule has 1 aliphatic rings. The summed E-state index contributed by atoms with van der Waals surface area (Å²) in [6.07, 6.45) is 6.61. The number of hydrogen-bond acceptors (Lipinski definition) is 0. The van der Waals surface area contributed by atoms with Crippen LogP contribution >= 0.6 is 0 Å². The van der Waals surface area contributed by atoms with E-state index in [9.17, 15) is 0 Å². The normalized spacial score (nSPS) is 18.8. The molecule has 1 rings (SSSR count). The van der Waals surface area contributed by atoms with Crippen LogP contribution in [0.25, 0.3) is 0 Å². The van der Waals surface area contributed by atoms with Gasteiger partial charge in [0.15, 0.2) is 0 Å². The molecule has 54 valence electrons. The van der Waals surface area contributed by atoms with Gasteiger partial charge in [-0.3, -0.25) is 0 Å². The van der Waals surface area contributed by atoms with Crippen molar-refractivity contribution in [3.63, 3.8) is 0 Å². The van der Waals surface area contributed by atoms with E-state index < -0.39 is 0 Å². The first-order valence-corrected chi connectivity index (χ1v) is 3.75. The van der Waals surface area contributed by atoms with Gasteiger partial charge < -0.3 is 0 Å². The molecule has 0 aromatic heterocycles. The second-order valence-electron chi connectivity index (χ2n) is 2.81. The highest BCUT2D eigenvalue weighted by atomic mass is 14.1. The molecule has 0 spiro atoms. The Balaban J connectivity index is 2.94. The van der Waals surface area contributed by atoms with Gasteiger partial charge in [-0.2, -0.15) is 0 Å². The number of hydrogen-bond donors (Lipinski definition) is 0. The molecular weight excluding hydrogens is 120 g/mol. The van der Waals surface area contributed by atoms with E-state index in [0.29, 0.717) is 0 Å². The summed E-state index contributed by atoms with van der Waals surface area (Å²) in [6, 6.07) is 0. The van der Waals surface area contributed by atoms with Crippen molar-refractivity contribution in [3.8, 4) is 0 Å². The zero-order valence-corrected chi connectivity index (χ0v) is 6.78. The Morgan fingerprint density at radius 2 is 2.20 bits per heavy atom. The summed E-state index contributed by atoms with van der Waals surface area (Å²) in [6.45, 7) is 8.14. The smallest absolute Gasteiger partial charge is 0.0274 e. The monoisotopic (exact) mass is 134 g/mol. The van der Waals surface area contributed by atoms with Crippen LogP contribution in [-0.2, 0) is 0 Å². The highest BCUT2D eigenvalue weighted by Crippen LogP contribution is 2.24. The van der Waals surface area contributed by atoms with E-state index in [-0.39, 0.29) is 0 Å². The summed E-state index contributed by atoms with van der Waals surface area (Å²) in [4.78, 5) is 0. The Labute approximate surface area is 62.9 Å². The van der Waals surface area contributed by atoms with Gasteiger partial charge in [-0.05, 0) is 37.8 Å². The minimum atomic E-state index is 1.19. The second kappa shape index (κ2) is 2.87. The van der Waals surface area contributed by atoms with Crippen molar-refractivity contribution in [3.05, 3.63) is 35.5 Å². The quantitative estimate of drug-likeness (QED) is 0.516. The zero-order chi connectivity index (χ0) is 7.56. The van der Waals surface area contributed by atoms with E-state index in [1.807, 2.05) is 6.08 Å². The fourth-order valence-electron chi connectivity index (χ4n) is 1.27. The molecule has 0 saturated carbocycles. The summed E-state index contributed by atoms with van der Waals surface area (Å²) in [5, 5.41) is 0. The van der Waals surface area contributed by atoms with Crippen LogP contribution in [0.1, 0.15) is 26.7 Å². The van der Waals surface area contributed by atoms with Crippen LogP contribution in [0.4, 0.5) is 0 Å². The van der Waals surface area contributed by atoms with E-state index in [4.69, 9.17) is 0 Å². The van der Waals surface area contributed by atoms with Gasteiger partial charge in [0.05, 0.1) is 0 Å². The molecule has 0 aromatic carbocycles. The first kappa shape index (κ1) is 7.33. The molecule has 10 heavy (non-hydrogen) atoms. The molecule has 0 atom stereocenters. The van der Waals surface area contributed by atoms with E-state index in [0.717, 1.165) is 0 Å². The molecule has 0 bridgehead atoms. The third-order valence-corrected chi connectivity index (χ3v) is 2.18. The molecule has 1 aliphatic carbocycles. The lowest BCUT2D eigenvalue weighted by Crippen LogP contribution is -1.93. The van der Waals surface area contributed by atoms with E-state index in [1.54, 1.807) is 0 Å². The van der Waals surface area contributed by atoms with Crippen LogP contribution in [0.2, 0.25) is 0 Å². The van der Waals surface area contributed by atoms with Gasteiger partial charge >= 0.3 is 0 Å². The summed E-state index contributed by atoms with van der Waals surface area (Å²) >= 11 is 0. The Bertz CT molecular complexity index is 204. The van der Waals surface area contributed by atoms with Crippen molar-refractivity contribution in [1.29, 1.82) is 0 Å². The molecule has 0 N–H and O–H groups in total. The van der Waals surface area contributed by atoms with Gasteiger partial charge in [0.2, 0.25) is 0 Å². The Morgan fingerprint density at radius 1 is 1.50 bits per heavy atom. The van der Waals surface area contributed by atoms with Crippen LogP contribution in [0.3, 0.4) is 0 Å². The van der Waals surface area contributed by atoms with Crippen LogP contribution in [0, 0.1) is 0 Å². The third-order valence-electron chi connectivity index (χ3n) is 2.18. The van der Waals surface area contributed by atoms with Crippen molar-refractivity contribution < 1.29 is 0 Å². The van der Waals surface area contributed by atoms with Gasteiger partial charge in [-0.15, -0.1) is 0 Å². The summed E-state index contributed by atoms with van der Waals surface area (Å²) in [5.74, 6) is 0. The Hall–Kier alpha value is -0.780. The maximum absolute atomic E-state index is 3.77. The molecule has 0 heteroatoms. The molecule has 0 aliphatic heterocycles. The largest absolute Gasteiger partial charge is 0.0985 e. The van der Waals surface area contributed by atoms with Crippen molar-refractivity contribution in [2.24, 2.45) is 0 Å². The molecule has 0 radical (unpaired) electrons. The lowest BCUT2D eigenvalue weighted by molar-refractivity contribution is 0.927. The van der Waals surface area contributed by atoms with Gasteiger partial charge in [-0.25, -0.2) is 0 Å². The van der Waals surface area contributed by atoms with E-state index >= 15 is 0 Å². The van der Waals surface area contributed by atoms with Gasteiger partial charge in [0.25, 0.3) is 0 Å². The average Bonchev–Trinajstić information content (AvgIpc) is 1.95. The topological polar surface area (TPSA) is 0 Å². The summed E-state index contributed by atoms with van der Waals surface area (Å²) in [7, 11) is 0. The molecule has 0 amide bonds. The maximum Gasteiger partial charge on any atom is -0.0274 e. The predicted molar refractivity (Wildman–Crippen MR) is 45.9 cm³/mol. The van der Waals surface area contributed by atoms with E-state index in [1.165, 1.54) is 29.6 Å². The summed E-state index contributed by atoms with van der Waals surface area (Å²) < 4.78 is 0. The second-order valence-corrected chi connectivity index (χ2v) is 2.81. The third kappa shape index (κ3) is 1.21. The molecule has 0 heterocycles. The fraction of sp³-hybridized carbons (Fsp3) is 0.400. The Kier molecular flexibility index (Phi) is 2.10. The summed E-state index contributed by atoms with van der Waals surface area (Å²) in [5.41, 5.74) is 4.25.